The van der Waals surface area contributed by atoms with Gasteiger partial charge in [0.2, 0.25) is 0 Å². The normalized spacial score (nSPS) is 14.0. The second-order valence-electron chi connectivity index (χ2n) is 3.86. The Morgan fingerprint density at radius 3 is 2.53 bits per heavy atom. The summed E-state index contributed by atoms with van der Waals surface area (Å²) in [5, 5.41) is 8.38. The molecule has 0 saturated heterocycles. The van der Waals surface area contributed by atoms with Crippen LogP contribution in [-0.4, -0.2) is 23.4 Å². The zero-order valence-corrected chi connectivity index (χ0v) is 10.5. The van der Waals surface area contributed by atoms with Crippen molar-refractivity contribution in [3.8, 4) is 0 Å². The monoisotopic (exact) mass is 297 g/mol. The minimum Gasteiger partial charge on any atom is -0.396 e. The van der Waals surface area contributed by atoms with Gasteiger partial charge in [-0.1, -0.05) is 23.8 Å². The van der Waals surface area contributed by atoms with Crippen LogP contribution in [0.25, 0.3) is 6.08 Å². The molecule has 0 saturated carbocycles. The summed E-state index contributed by atoms with van der Waals surface area (Å²) in [5.41, 5.74) is -0.807. The van der Waals surface area contributed by atoms with Crippen molar-refractivity contribution in [3.05, 3.63) is 34.6 Å². The maximum atomic E-state index is 12.5. The Kier molecular flexibility index (Phi) is 5.75. The number of hydrogen-bond acceptors (Lipinski definition) is 2. The van der Waals surface area contributed by atoms with E-state index in [1.165, 1.54) is 18.2 Å². The molecule has 0 fully saturated rings. The maximum absolute atomic E-state index is 12.5. The summed E-state index contributed by atoms with van der Waals surface area (Å²) in [7, 11) is 0. The lowest BCUT2D eigenvalue weighted by molar-refractivity contribution is -0.141. The number of rotatable bonds is 5. The fraction of sp³-hybridized carbons (Fsp3) is 0.417. The molecular weight excluding hydrogens is 286 g/mol. The summed E-state index contributed by atoms with van der Waals surface area (Å²) >= 11 is 5.63. The van der Waals surface area contributed by atoms with Gasteiger partial charge in [0.1, 0.15) is 10.8 Å². The highest BCUT2D eigenvalue weighted by molar-refractivity contribution is 6.30. The van der Waals surface area contributed by atoms with E-state index < -0.39 is 24.5 Å². The first-order valence-corrected chi connectivity index (χ1v) is 5.85. The fourth-order valence-electron chi connectivity index (χ4n) is 1.36. The third kappa shape index (κ3) is 4.80. The molecule has 7 heteroatoms. The largest absolute Gasteiger partial charge is 0.433 e. The first-order valence-electron chi connectivity index (χ1n) is 5.47. The van der Waals surface area contributed by atoms with Crippen LogP contribution in [0.4, 0.5) is 17.6 Å². The first-order chi connectivity index (χ1) is 8.88. The Bertz CT molecular complexity index is 448. The molecule has 0 spiro atoms. The molecular formula is C12H12ClF4NO. The lowest BCUT2D eigenvalue weighted by atomic mass is 10.1. The lowest BCUT2D eigenvalue weighted by Crippen LogP contribution is -2.08. The van der Waals surface area contributed by atoms with E-state index in [2.05, 4.69) is 4.98 Å². The van der Waals surface area contributed by atoms with Crippen LogP contribution < -0.4 is 0 Å². The van der Waals surface area contributed by atoms with Crippen molar-refractivity contribution < 1.29 is 22.7 Å². The molecule has 1 aromatic rings. The lowest BCUT2D eigenvalue weighted by Gasteiger charge is -2.08. The van der Waals surface area contributed by atoms with E-state index in [1.54, 1.807) is 0 Å². The number of aliphatic hydroxyl groups is 1. The molecule has 0 aliphatic rings. The standard InChI is InChI=1S/C12H12ClF4NO/c13-11-9(2-1-8(7-14)5-6-19)3-4-10(18-11)12(15,16)17/h1-4,8,19H,5-7H2/b2-1+. The molecule has 1 unspecified atom stereocenters. The minimum absolute atomic E-state index is 0.169. The molecule has 0 amide bonds. The third-order valence-corrected chi connectivity index (χ3v) is 2.72. The predicted octanol–water partition coefficient (Wildman–Crippen LogP) is 3.74. The van der Waals surface area contributed by atoms with Crippen LogP contribution >= 0.6 is 11.6 Å². The summed E-state index contributed by atoms with van der Waals surface area (Å²) in [6.07, 6.45) is -1.47. The van der Waals surface area contributed by atoms with Crippen LogP contribution in [-0.2, 0) is 6.18 Å². The van der Waals surface area contributed by atoms with Gasteiger partial charge in [0, 0.05) is 18.1 Å². The molecule has 1 rings (SSSR count). The number of halogens is 5. The molecule has 106 valence electrons. The number of alkyl halides is 4. The summed E-state index contributed by atoms with van der Waals surface area (Å²) in [6.45, 7) is -0.833. The number of hydrogen-bond donors (Lipinski definition) is 1. The quantitative estimate of drug-likeness (QED) is 0.663. The van der Waals surface area contributed by atoms with Crippen LogP contribution in [0.1, 0.15) is 17.7 Å². The van der Waals surface area contributed by atoms with E-state index in [0.717, 1.165) is 6.07 Å². The Labute approximate surface area is 112 Å². The molecule has 0 bridgehead atoms. The Morgan fingerprint density at radius 2 is 2.05 bits per heavy atom. The fourth-order valence-corrected chi connectivity index (χ4v) is 1.57. The van der Waals surface area contributed by atoms with Crippen LogP contribution in [0.5, 0.6) is 0 Å². The van der Waals surface area contributed by atoms with Gasteiger partial charge >= 0.3 is 6.18 Å². The van der Waals surface area contributed by atoms with Crippen molar-refractivity contribution in [1.82, 2.24) is 4.98 Å². The van der Waals surface area contributed by atoms with Gasteiger partial charge in [0.05, 0.1) is 6.67 Å². The van der Waals surface area contributed by atoms with E-state index in [-0.39, 0.29) is 23.7 Å². The smallest absolute Gasteiger partial charge is 0.396 e. The van der Waals surface area contributed by atoms with Crippen LogP contribution in [0.2, 0.25) is 5.15 Å². The topological polar surface area (TPSA) is 33.1 Å². The van der Waals surface area contributed by atoms with Gasteiger partial charge in [-0.05, 0) is 18.6 Å². The second-order valence-corrected chi connectivity index (χ2v) is 4.22. The van der Waals surface area contributed by atoms with Crippen molar-refractivity contribution >= 4 is 17.7 Å². The molecule has 2 nitrogen and oxygen atoms in total. The van der Waals surface area contributed by atoms with Gasteiger partial charge in [-0.25, -0.2) is 4.98 Å². The van der Waals surface area contributed by atoms with E-state index in [4.69, 9.17) is 16.7 Å². The van der Waals surface area contributed by atoms with Gasteiger partial charge in [-0.3, -0.25) is 4.39 Å². The van der Waals surface area contributed by atoms with Crippen molar-refractivity contribution in [2.24, 2.45) is 5.92 Å². The van der Waals surface area contributed by atoms with E-state index in [0.29, 0.717) is 0 Å². The van der Waals surface area contributed by atoms with E-state index in [9.17, 15) is 17.6 Å². The molecule has 1 N–H and O–H groups in total. The Morgan fingerprint density at radius 1 is 1.37 bits per heavy atom. The van der Waals surface area contributed by atoms with Crippen LogP contribution in [0.3, 0.4) is 0 Å². The van der Waals surface area contributed by atoms with E-state index >= 15 is 0 Å². The molecule has 1 atom stereocenters. The molecule has 0 aliphatic carbocycles. The summed E-state index contributed by atoms with van der Waals surface area (Å²) in [6, 6.07) is 1.98. The third-order valence-electron chi connectivity index (χ3n) is 2.41. The Balaban J connectivity index is 2.88. The summed E-state index contributed by atoms with van der Waals surface area (Å²) in [5.74, 6) is -0.497. The van der Waals surface area contributed by atoms with Crippen molar-refractivity contribution in [3.63, 3.8) is 0 Å². The Hall–Kier alpha value is -1.14. The highest BCUT2D eigenvalue weighted by Gasteiger charge is 2.32. The number of aromatic nitrogens is 1. The highest BCUT2D eigenvalue weighted by atomic mass is 35.5. The van der Waals surface area contributed by atoms with Crippen LogP contribution in [0, 0.1) is 5.92 Å². The minimum atomic E-state index is -4.55. The molecule has 0 aromatic carbocycles. The van der Waals surface area contributed by atoms with Gasteiger partial charge in [0.25, 0.3) is 0 Å². The van der Waals surface area contributed by atoms with Crippen molar-refractivity contribution in [1.29, 1.82) is 0 Å². The molecule has 0 aliphatic heterocycles. The number of aliphatic hydroxyl groups excluding tert-OH is 1. The summed E-state index contributed by atoms with van der Waals surface area (Å²) in [4.78, 5) is 3.24. The SMILES string of the molecule is OCCC(/C=C/c1ccc(C(F)(F)F)nc1Cl)CF. The van der Waals surface area contributed by atoms with Crippen molar-refractivity contribution in [2.75, 3.05) is 13.3 Å². The van der Waals surface area contributed by atoms with Gasteiger partial charge < -0.3 is 5.11 Å². The van der Waals surface area contributed by atoms with Gasteiger partial charge in [-0.2, -0.15) is 13.2 Å². The molecule has 19 heavy (non-hydrogen) atoms. The first kappa shape index (κ1) is 15.9. The molecule has 1 aromatic heterocycles. The van der Waals surface area contributed by atoms with E-state index in [1.807, 2.05) is 0 Å². The number of pyridine rings is 1. The maximum Gasteiger partial charge on any atom is 0.433 e. The molecule has 1 heterocycles. The van der Waals surface area contributed by atoms with Crippen LogP contribution in [0.15, 0.2) is 18.2 Å². The average Bonchev–Trinajstić information content (AvgIpc) is 2.34. The van der Waals surface area contributed by atoms with Gasteiger partial charge in [-0.15, -0.1) is 0 Å². The average molecular weight is 298 g/mol. The van der Waals surface area contributed by atoms with Crippen molar-refractivity contribution in [2.45, 2.75) is 12.6 Å². The highest BCUT2D eigenvalue weighted by Crippen LogP contribution is 2.29. The number of allylic oxidation sites excluding steroid dienone is 1. The predicted molar refractivity (Wildman–Crippen MR) is 64.5 cm³/mol. The zero-order valence-electron chi connectivity index (χ0n) is 9.79. The van der Waals surface area contributed by atoms with Gasteiger partial charge in [0.15, 0.2) is 0 Å². The second kappa shape index (κ2) is 6.86. The summed E-state index contributed by atoms with van der Waals surface area (Å²) < 4.78 is 49.6. The molecule has 0 radical (unpaired) electrons. The zero-order chi connectivity index (χ0) is 14.5. The number of nitrogens with zero attached hydrogens (tertiary/aromatic N) is 1.